The summed E-state index contributed by atoms with van der Waals surface area (Å²) in [4.78, 5) is 3.94. The van der Waals surface area contributed by atoms with Crippen LogP contribution in [0.3, 0.4) is 0 Å². The van der Waals surface area contributed by atoms with Crippen LogP contribution < -0.4 is 18.0 Å². The average Bonchev–Trinajstić information content (AvgIpc) is 3.33. The molecule has 1 heterocycles. The lowest BCUT2D eigenvalue weighted by Crippen LogP contribution is -2.23. The molecule has 3 rings (SSSR count). The fourth-order valence-corrected chi connectivity index (χ4v) is 3.75. The standard InChI is InChI=1S/C22H24Cl3N3O5S/c1-27(34-33-18-3-5-22(20(25)9-18)31-12-16(29)10-23)15-2-4-21(19(24)8-15)32-13-17(30)11-28-7-6-26-14-28/h2-9,14,16-17,29-30H,10-13H2,1H3/t16-,17-/m1/s1. The third-order valence-electron chi connectivity index (χ3n) is 4.45. The predicted octanol–water partition coefficient (Wildman–Crippen LogP) is 4.69. The summed E-state index contributed by atoms with van der Waals surface area (Å²) in [5.41, 5.74) is 0.780. The fourth-order valence-electron chi connectivity index (χ4n) is 2.70. The number of aromatic nitrogens is 2. The van der Waals surface area contributed by atoms with E-state index in [1.165, 1.54) is 0 Å². The van der Waals surface area contributed by atoms with Gasteiger partial charge in [0.15, 0.2) is 12.2 Å². The molecule has 0 radical (unpaired) electrons. The monoisotopic (exact) mass is 547 g/mol. The van der Waals surface area contributed by atoms with Crippen molar-refractivity contribution < 1.29 is 23.9 Å². The summed E-state index contributed by atoms with van der Waals surface area (Å²) in [5.74, 6) is 1.49. The van der Waals surface area contributed by atoms with E-state index in [1.807, 2.05) is 13.1 Å². The Morgan fingerprint density at radius 1 is 1.03 bits per heavy atom. The van der Waals surface area contributed by atoms with E-state index < -0.39 is 12.2 Å². The maximum atomic E-state index is 10.1. The number of halogens is 3. The number of nitrogens with zero attached hydrogens (tertiary/aromatic N) is 3. The normalized spacial score (nSPS) is 12.8. The highest BCUT2D eigenvalue weighted by Gasteiger charge is 2.12. The molecule has 184 valence electrons. The second-order valence-electron chi connectivity index (χ2n) is 7.21. The van der Waals surface area contributed by atoms with Crippen LogP contribution in [0.1, 0.15) is 0 Å². The molecule has 12 heteroatoms. The Morgan fingerprint density at radius 2 is 1.71 bits per heavy atom. The summed E-state index contributed by atoms with van der Waals surface area (Å²) in [6.07, 6.45) is 3.58. The topological polar surface area (TPSA) is 89.2 Å². The third-order valence-corrected chi connectivity index (χ3v) is 6.10. The molecular formula is C22H24Cl3N3O5S. The molecule has 0 saturated carbocycles. The minimum atomic E-state index is -0.770. The van der Waals surface area contributed by atoms with Gasteiger partial charge in [0.25, 0.3) is 0 Å². The SMILES string of the molecule is CN(SOc1ccc(OC[C@H](O)CCl)c(Cl)c1)c1ccc(OC[C@H](O)Cn2ccnc2)c(Cl)c1. The van der Waals surface area contributed by atoms with Crippen molar-refractivity contribution in [2.24, 2.45) is 0 Å². The van der Waals surface area contributed by atoms with Crippen molar-refractivity contribution in [1.29, 1.82) is 0 Å². The van der Waals surface area contributed by atoms with Gasteiger partial charge in [0.1, 0.15) is 42.7 Å². The molecule has 3 aromatic rings. The molecule has 0 spiro atoms. The lowest BCUT2D eigenvalue weighted by molar-refractivity contribution is 0.0925. The zero-order chi connectivity index (χ0) is 24.5. The molecule has 0 aliphatic carbocycles. The maximum Gasteiger partial charge on any atom is 0.179 e. The molecular weight excluding hydrogens is 525 g/mol. The molecule has 0 bridgehead atoms. The van der Waals surface area contributed by atoms with E-state index >= 15 is 0 Å². The summed E-state index contributed by atoms with van der Waals surface area (Å²) in [6.45, 7) is 0.514. The first-order chi connectivity index (χ1) is 16.4. The molecule has 0 amide bonds. The number of aliphatic hydroxyl groups is 2. The zero-order valence-electron chi connectivity index (χ0n) is 18.2. The number of anilines is 1. The van der Waals surface area contributed by atoms with Gasteiger partial charge in [-0.25, -0.2) is 4.98 Å². The van der Waals surface area contributed by atoms with Crippen molar-refractivity contribution >= 4 is 52.7 Å². The van der Waals surface area contributed by atoms with Crippen LogP contribution in [-0.2, 0) is 6.54 Å². The van der Waals surface area contributed by atoms with Gasteiger partial charge in [-0.1, -0.05) is 23.2 Å². The number of hydrogen-bond acceptors (Lipinski definition) is 8. The third kappa shape index (κ3) is 8.04. The first kappa shape index (κ1) is 26.6. The molecule has 0 saturated heterocycles. The summed E-state index contributed by atoms with van der Waals surface area (Å²) in [6, 6.07) is 10.3. The number of benzene rings is 2. The van der Waals surface area contributed by atoms with Crippen LogP contribution >= 0.6 is 47.0 Å². The minimum Gasteiger partial charge on any atom is -0.489 e. The number of alkyl halides is 1. The van der Waals surface area contributed by atoms with Crippen molar-refractivity contribution in [3.8, 4) is 17.2 Å². The first-order valence-corrected chi connectivity index (χ1v) is 12.2. The average molecular weight is 549 g/mol. The minimum absolute atomic E-state index is 0.0466. The maximum absolute atomic E-state index is 10.1. The zero-order valence-corrected chi connectivity index (χ0v) is 21.3. The summed E-state index contributed by atoms with van der Waals surface area (Å²) in [7, 11) is 1.82. The molecule has 0 aliphatic heterocycles. The van der Waals surface area contributed by atoms with Gasteiger partial charge in [0, 0.05) is 25.5 Å². The van der Waals surface area contributed by atoms with E-state index in [0.29, 0.717) is 33.8 Å². The van der Waals surface area contributed by atoms with Crippen LogP contribution in [0.25, 0.3) is 0 Å². The highest BCUT2D eigenvalue weighted by molar-refractivity contribution is 7.96. The van der Waals surface area contributed by atoms with E-state index in [4.69, 9.17) is 48.5 Å². The van der Waals surface area contributed by atoms with Gasteiger partial charge in [0.05, 0.1) is 34.5 Å². The first-order valence-electron chi connectivity index (χ1n) is 10.2. The Labute approximate surface area is 217 Å². The number of hydrogen-bond donors (Lipinski definition) is 2. The Kier molecular flexibility index (Phi) is 10.3. The molecule has 0 aliphatic rings. The second-order valence-corrected chi connectivity index (χ2v) is 9.19. The van der Waals surface area contributed by atoms with Crippen molar-refractivity contribution in [2.75, 3.05) is 30.4 Å². The number of ether oxygens (including phenoxy) is 2. The molecule has 0 unspecified atom stereocenters. The van der Waals surface area contributed by atoms with E-state index in [0.717, 1.165) is 17.9 Å². The van der Waals surface area contributed by atoms with Gasteiger partial charge < -0.3 is 28.4 Å². The second kappa shape index (κ2) is 13.2. The molecule has 0 fully saturated rings. The number of imidazole rings is 1. The van der Waals surface area contributed by atoms with E-state index in [2.05, 4.69) is 4.98 Å². The van der Waals surface area contributed by atoms with Crippen molar-refractivity contribution in [1.82, 2.24) is 9.55 Å². The largest absolute Gasteiger partial charge is 0.489 e. The highest BCUT2D eigenvalue weighted by atomic mass is 35.5. The molecule has 34 heavy (non-hydrogen) atoms. The lowest BCUT2D eigenvalue weighted by atomic mass is 10.3. The van der Waals surface area contributed by atoms with E-state index in [9.17, 15) is 10.2 Å². The van der Waals surface area contributed by atoms with Gasteiger partial charge in [-0.3, -0.25) is 4.31 Å². The summed E-state index contributed by atoms with van der Waals surface area (Å²) in [5, 5.41) is 20.4. The summed E-state index contributed by atoms with van der Waals surface area (Å²) < 4.78 is 20.4. The number of aliphatic hydroxyl groups excluding tert-OH is 2. The van der Waals surface area contributed by atoms with Crippen molar-refractivity contribution in [2.45, 2.75) is 18.8 Å². The number of rotatable bonds is 13. The fraction of sp³-hybridized carbons (Fsp3) is 0.318. The van der Waals surface area contributed by atoms with Crippen molar-refractivity contribution in [3.63, 3.8) is 0 Å². The van der Waals surface area contributed by atoms with Crippen LogP contribution in [0.15, 0.2) is 55.1 Å². The molecule has 2 atom stereocenters. The Bertz CT molecular complexity index is 1040. The van der Waals surface area contributed by atoms with E-state index in [1.54, 1.807) is 57.9 Å². The van der Waals surface area contributed by atoms with Crippen LogP contribution in [-0.4, -0.2) is 58.1 Å². The van der Waals surface area contributed by atoms with Crippen LogP contribution in [0.5, 0.6) is 17.2 Å². The molecule has 2 N–H and O–H groups in total. The van der Waals surface area contributed by atoms with Gasteiger partial charge in [0.2, 0.25) is 0 Å². The van der Waals surface area contributed by atoms with Gasteiger partial charge in [-0.15, -0.1) is 11.6 Å². The van der Waals surface area contributed by atoms with Gasteiger partial charge >= 0.3 is 0 Å². The summed E-state index contributed by atoms with van der Waals surface area (Å²) >= 11 is 19.2. The molecule has 1 aromatic heterocycles. The Balaban J connectivity index is 1.49. The molecule has 8 nitrogen and oxygen atoms in total. The van der Waals surface area contributed by atoms with Gasteiger partial charge in [-0.2, -0.15) is 0 Å². The van der Waals surface area contributed by atoms with Crippen LogP contribution in [0.2, 0.25) is 10.0 Å². The smallest absolute Gasteiger partial charge is 0.179 e. The van der Waals surface area contributed by atoms with Crippen LogP contribution in [0, 0.1) is 0 Å². The predicted molar refractivity (Wildman–Crippen MR) is 135 cm³/mol. The van der Waals surface area contributed by atoms with Crippen LogP contribution in [0.4, 0.5) is 5.69 Å². The van der Waals surface area contributed by atoms with Gasteiger partial charge in [-0.05, 0) is 30.3 Å². The van der Waals surface area contributed by atoms with Crippen molar-refractivity contribution in [3.05, 3.63) is 65.2 Å². The lowest BCUT2D eigenvalue weighted by Gasteiger charge is -2.19. The molecule has 2 aromatic carbocycles. The quantitative estimate of drug-likeness (QED) is 0.181. The Morgan fingerprint density at radius 3 is 2.32 bits per heavy atom. The van der Waals surface area contributed by atoms with E-state index in [-0.39, 0.29) is 19.1 Å². The highest BCUT2D eigenvalue weighted by Crippen LogP contribution is 2.34. The Hall–Kier alpha value is -2.01.